The van der Waals surface area contributed by atoms with Crippen LogP contribution in [-0.4, -0.2) is 28.8 Å². The van der Waals surface area contributed by atoms with E-state index in [4.69, 9.17) is 23.2 Å². The van der Waals surface area contributed by atoms with Crippen molar-refractivity contribution in [1.82, 2.24) is 10.2 Å². The Morgan fingerprint density at radius 1 is 1.03 bits per heavy atom. The third kappa shape index (κ3) is 6.98. The maximum absolute atomic E-state index is 13.4. The van der Waals surface area contributed by atoms with Crippen LogP contribution in [0, 0.1) is 0 Å². The smallest absolute Gasteiger partial charge is 0.243 e. The molecule has 0 heterocycles. The molecule has 3 rings (SSSR count). The van der Waals surface area contributed by atoms with E-state index in [1.807, 2.05) is 55.5 Å². The van der Waals surface area contributed by atoms with Crippen LogP contribution in [0.4, 0.5) is 0 Å². The van der Waals surface area contributed by atoms with Crippen molar-refractivity contribution >= 4 is 35.0 Å². The molecule has 1 aliphatic rings. The highest BCUT2D eigenvalue weighted by Crippen LogP contribution is 2.21. The van der Waals surface area contributed by atoms with Crippen molar-refractivity contribution in [2.24, 2.45) is 0 Å². The van der Waals surface area contributed by atoms with Gasteiger partial charge in [0.15, 0.2) is 0 Å². The molecule has 1 saturated carbocycles. The highest BCUT2D eigenvalue weighted by molar-refractivity contribution is 6.31. The van der Waals surface area contributed by atoms with Gasteiger partial charge in [-0.15, -0.1) is 0 Å². The molecule has 0 aromatic heterocycles. The summed E-state index contributed by atoms with van der Waals surface area (Å²) in [4.78, 5) is 28.3. The minimum absolute atomic E-state index is 0.0505. The molecule has 1 fully saturated rings. The molecule has 0 spiro atoms. The molecule has 0 radical (unpaired) electrons. The van der Waals surface area contributed by atoms with E-state index in [0.717, 1.165) is 36.8 Å². The normalized spacial score (nSPS) is 15.2. The van der Waals surface area contributed by atoms with E-state index in [1.54, 1.807) is 4.90 Å². The highest BCUT2D eigenvalue weighted by Gasteiger charge is 2.30. The number of benzene rings is 2. The number of aryl methyl sites for hydroxylation is 1. The van der Waals surface area contributed by atoms with Crippen LogP contribution in [0.25, 0.3) is 0 Å². The van der Waals surface area contributed by atoms with Gasteiger partial charge >= 0.3 is 0 Å². The number of carbonyl (C=O) groups is 2. The molecule has 4 nitrogen and oxygen atoms in total. The molecule has 0 saturated heterocycles. The molecule has 2 amide bonds. The van der Waals surface area contributed by atoms with E-state index in [9.17, 15) is 9.59 Å². The van der Waals surface area contributed by atoms with Crippen LogP contribution in [0.2, 0.25) is 10.0 Å². The minimum Gasteiger partial charge on any atom is -0.352 e. The maximum Gasteiger partial charge on any atom is 0.243 e. The number of rotatable bonds is 9. The second kappa shape index (κ2) is 12.3. The molecule has 32 heavy (non-hydrogen) atoms. The second-order valence-corrected chi connectivity index (χ2v) is 9.35. The molecule has 1 aliphatic carbocycles. The van der Waals surface area contributed by atoms with Gasteiger partial charge in [0, 0.05) is 29.1 Å². The van der Waals surface area contributed by atoms with E-state index in [2.05, 4.69) is 5.32 Å². The molecular formula is C26H32Cl2N2O2. The Bertz CT molecular complexity index is 895. The number of amides is 2. The van der Waals surface area contributed by atoms with Crippen LogP contribution in [-0.2, 0) is 22.6 Å². The topological polar surface area (TPSA) is 49.4 Å². The Balaban J connectivity index is 1.75. The van der Waals surface area contributed by atoms with Gasteiger partial charge in [-0.3, -0.25) is 9.59 Å². The van der Waals surface area contributed by atoms with Crippen molar-refractivity contribution in [3.05, 3.63) is 69.7 Å². The van der Waals surface area contributed by atoms with Gasteiger partial charge in [0.25, 0.3) is 0 Å². The SMILES string of the molecule is CC[C@H](C(=O)NC1CCCCC1)N(Cc1ccc(Cl)cc1)C(=O)CCc1ccccc1Cl. The first kappa shape index (κ1) is 24.6. The van der Waals surface area contributed by atoms with Gasteiger partial charge in [-0.2, -0.15) is 0 Å². The molecule has 172 valence electrons. The Kier molecular flexibility index (Phi) is 9.43. The van der Waals surface area contributed by atoms with Crippen molar-refractivity contribution in [2.45, 2.75) is 76.9 Å². The van der Waals surface area contributed by atoms with Crippen LogP contribution in [0.5, 0.6) is 0 Å². The Labute approximate surface area is 201 Å². The summed E-state index contributed by atoms with van der Waals surface area (Å²) in [5.74, 6) is -0.107. The maximum atomic E-state index is 13.4. The summed E-state index contributed by atoms with van der Waals surface area (Å²) in [7, 11) is 0. The fourth-order valence-corrected chi connectivity index (χ4v) is 4.69. The Hall–Kier alpha value is -2.04. The van der Waals surface area contributed by atoms with E-state index in [1.165, 1.54) is 6.42 Å². The van der Waals surface area contributed by atoms with Crippen LogP contribution < -0.4 is 5.32 Å². The zero-order chi connectivity index (χ0) is 22.9. The van der Waals surface area contributed by atoms with E-state index in [-0.39, 0.29) is 17.9 Å². The lowest BCUT2D eigenvalue weighted by molar-refractivity contribution is -0.141. The van der Waals surface area contributed by atoms with Gasteiger partial charge in [-0.05, 0) is 55.0 Å². The first-order valence-corrected chi connectivity index (χ1v) is 12.3. The number of nitrogens with zero attached hydrogens (tertiary/aromatic N) is 1. The summed E-state index contributed by atoms with van der Waals surface area (Å²) < 4.78 is 0. The molecule has 2 aromatic rings. The van der Waals surface area contributed by atoms with Gasteiger partial charge in [0.2, 0.25) is 11.8 Å². The molecule has 0 unspecified atom stereocenters. The number of hydrogen-bond donors (Lipinski definition) is 1. The van der Waals surface area contributed by atoms with Crippen LogP contribution in [0.1, 0.15) is 63.0 Å². The van der Waals surface area contributed by atoms with Gasteiger partial charge in [-0.25, -0.2) is 0 Å². The monoisotopic (exact) mass is 474 g/mol. The van der Waals surface area contributed by atoms with Gasteiger partial charge < -0.3 is 10.2 Å². The predicted molar refractivity (Wildman–Crippen MR) is 131 cm³/mol. The Morgan fingerprint density at radius 3 is 2.38 bits per heavy atom. The van der Waals surface area contributed by atoms with E-state index < -0.39 is 6.04 Å². The third-order valence-electron chi connectivity index (χ3n) is 6.17. The van der Waals surface area contributed by atoms with Crippen LogP contribution in [0.3, 0.4) is 0 Å². The number of hydrogen-bond acceptors (Lipinski definition) is 2. The summed E-state index contributed by atoms with van der Waals surface area (Å²) >= 11 is 12.3. The van der Waals surface area contributed by atoms with Crippen molar-refractivity contribution in [2.75, 3.05) is 0 Å². The van der Waals surface area contributed by atoms with Crippen molar-refractivity contribution in [3.63, 3.8) is 0 Å². The summed E-state index contributed by atoms with van der Waals surface area (Å²) in [5.41, 5.74) is 1.89. The number of nitrogens with one attached hydrogen (secondary N) is 1. The average molecular weight is 475 g/mol. The van der Waals surface area contributed by atoms with E-state index >= 15 is 0 Å². The average Bonchev–Trinajstić information content (AvgIpc) is 2.80. The third-order valence-corrected chi connectivity index (χ3v) is 6.79. The molecule has 2 aromatic carbocycles. The van der Waals surface area contributed by atoms with E-state index in [0.29, 0.717) is 35.9 Å². The van der Waals surface area contributed by atoms with Crippen molar-refractivity contribution < 1.29 is 9.59 Å². The van der Waals surface area contributed by atoms with Gasteiger partial charge in [0.1, 0.15) is 6.04 Å². The van der Waals surface area contributed by atoms with Crippen LogP contribution in [0.15, 0.2) is 48.5 Å². The summed E-state index contributed by atoms with van der Waals surface area (Å²) in [6, 6.07) is 14.7. The molecule has 1 atom stereocenters. The van der Waals surface area contributed by atoms with Crippen LogP contribution >= 0.6 is 23.2 Å². The standard InChI is InChI=1S/C26H32Cl2N2O2/c1-2-24(26(32)29-22-9-4-3-5-10-22)30(18-19-12-15-21(27)16-13-19)25(31)17-14-20-8-6-7-11-23(20)28/h6-8,11-13,15-16,22,24H,2-5,9-10,14,17-18H2,1H3,(H,29,32)/t24-/m1/s1. The largest absolute Gasteiger partial charge is 0.352 e. The summed E-state index contributed by atoms with van der Waals surface area (Å²) in [6.45, 7) is 2.33. The fraction of sp³-hybridized carbons (Fsp3) is 0.462. The summed E-state index contributed by atoms with van der Waals surface area (Å²) in [6.07, 6.45) is 6.94. The molecular weight excluding hydrogens is 443 g/mol. The predicted octanol–water partition coefficient (Wildman–Crippen LogP) is 6.18. The molecule has 1 N–H and O–H groups in total. The quantitative estimate of drug-likeness (QED) is 0.471. The zero-order valence-electron chi connectivity index (χ0n) is 18.7. The number of halogens is 2. The molecule has 0 bridgehead atoms. The lowest BCUT2D eigenvalue weighted by Crippen LogP contribution is -2.51. The van der Waals surface area contributed by atoms with Gasteiger partial charge in [0.05, 0.1) is 0 Å². The fourth-order valence-electron chi connectivity index (χ4n) is 4.34. The first-order valence-electron chi connectivity index (χ1n) is 11.6. The molecule has 6 heteroatoms. The Morgan fingerprint density at radius 2 is 1.72 bits per heavy atom. The minimum atomic E-state index is -0.508. The van der Waals surface area contributed by atoms with Crippen molar-refractivity contribution in [1.29, 1.82) is 0 Å². The lowest BCUT2D eigenvalue weighted by atomic mass is 9.95. The molecule has 0 aliphatic heterocycles. The lowest BCUT2D eigenvalue weighted by Gasteiger charge is -2.33. The summed E-state index contributed by atoms with van der Waals surface area (Å²) in [5, 5.41) is 4.51. The zero-order valence-corrected chi connectivity index (χ0v) is 20.2. The van der Waals surface area contributed by atoms with Crippen molar-refractivity contribution in [3.8, 4) is 0 Å². The highest BCUT2D eigenvalue weighted by atomic mass is 35.5. The second-order valence-electron chi connectivity index (χ2n) is 8.51. The number of carbonyl (C=O) groups excluding carboxylic acids is 2. The first-order chi connectivity index (χ1) is 15.5. The van der Waals surface area contributed by atoms with Gasteiger partial charge in [-0.1, -0.05) is 79.7 Å².